The molecule has 4 rings (SSSR count). The van der Waals surface area contributed by atoms with Crippen LogP contribution in [-0.2, 0) is 0 Å². The number of carbonyl (C=O) groups is 1. The molecule has 0 atom stereocenters. The zero-order valence-electron chi connectivity index (χ0n) is 13.6. The first-order chi connectivity index (χ1) is 13.0. The number of carbonyl (C=O) groups excluding carboxylic acids is 1. The molecule has 1 amide bonds. The number of nitrogens with one attached hydrogen (secondary N) is 2. The van der Waals surface area contributed by atoms with Crippen LogP contribution in [0, 0.1) is 0 Å². The summed E-state index contributed by atoms with van der Waals surface area (Å²) in [5, 5.41) is 25.5. The molecule has 0 saturated carbocycles. The lowest BCUT2D eigenvalue weighted by Crippen LogP contribution is -1.93. The molecule has 0 aliphatic heterocycles. The van der Waals surface area contributed by atoms with Crippen molar-refractivity contribution in [2.45, 2.75) is 0 Å². The fourth-order valence-corrected chi connectivity index (χ4v) is 3.22. The highest BCUT2D eigenvalue weighted by Gasteiger charge is 2.14. The van der Waals surface area contributed by atoms with Crippen LogP contribution in [-0.4, -0.2) is 26.2 Å². The van der Waals surface area contributed by atoms with Gasteiger partial charge in [-0.3, -0.25) is 9.89 Å². The molecule has 0 spiro atoms. The Morgan fingerprint density at radius 2 is 2.00 bits per heavy atom. The number of benzene rings is 2. The van der Waals surface area contributed by atoms with Gasteiger partial charge in [-0.05, 0) is 30.3 Å². The van der Waals surface area contributed by atoms with Gasteiger partial charge in [-0.1, -0.05) is 45.7 Å². The quantitative estimate of drug-likeness (QED) is 0.358. The SMILES string of the molecule is O=C(N=Nc1c(O)[nH]c2ccc(Br)cc12)c1cc(-c2ccccc2Cl)n[nH]1. The highest BCUT2D eigenvalue weighted by molar-refractivity contribution is 9.10. The topological polar surface area (TPSA) is 106 Å². The standard InChI is InChI=1S/C18H11BrClN5O2/c19-9-5-6-13-11(7-9)16(18(27)21-13)24-25-17(26)15-8-14(22-23-15)10-3-1-2-4-12(10)20/h1-8,21,27H,(H,22,23). The number of nitrogens with zero attached hydrogens (tertiary/aromatic N) is 3. The van der Waals surface area contributed by atoms with Crippen molar-refractivity contribution >= 4 is 50.0 Å². The average molecular weight is 445 g/mol. The van der Waals surface area contributed by atoms with Gasteiger partial charge in [0.1, 0.15) is 5.69 Å². The average Bonchev–Trinajstić information content (AvgIpc) is 3.25. The van der Waals surface area contributed by atoms with E-state index in [1.54, 1.807) is 30.3 Å². The molecule has 0 fully saturated rings. The van der Waals surface area contributed by atoms with Crippen molar-refractivity contribution in [1.82, 2.24) is 15.2 Å². The Balaban J connectivity index is 1.63. The number of H-pyrrole nitrogens is 2. The Bertz CT molecular complexity index is 1200. The van der Waals surface area contributed by atoms with E-state index in [9.17, 15) is 9.90 Å². The van der Waals surface area contributed by atoms with E-state index in [2.05, 4.69) is 41.3 Å². The third-order valence-corrected chi connectivity index (χ3v) is 4.74. The van der Waals surface area contributed by atoms with Crippen molar-refractivity contribution in [2.24, 2.45) is 10.2 Å². The summed E-state index contributed by atoms with van der Waals surface area (Å²) in [4.78, 5) is 15.1. The van der Waals surface area contributed by atoms with Gasteiger partial charge in [-0.15, -0.1) is 10.2 Å². The van der Waals surface area contributed by atoms with E-state index in [-0.39, 0.29) is 17.3 Å². The van der Waals surface area contributed by atoms with Crippen LogP contribution in [0.1, 0.15) is 10.5 Å². The second-order valence-electron chi connectivity index (χ2n) is 5.66. The van der Waals surface area contributed by atoms with Gasteiger partial charge in [0, 0.05) is 15.4 Å². The van der Waals surface area contributed by atoms with Gasteiger partial charge in [-0.2, -0.15) is 5.10 Å². The molecule has 0 aliphatic rings. The second kappa shape index (κ2) is 6.98. The minimum Gasteiger partial charge on any atom is -0.493 e. The minimum absolute atomic E-state index is 0.161. The summed E-state index contributed by atoms with van der Waals surface area (Å²) in [7, 11) is 0. The second-order valence-corrected chi connectivity index (χ2v) is 6.99. The zero-order valence-corrected chi connectivity index (χ0v) is 15.9. The number of aromatic amines is 2. The number of rotatable bonds is 3. The molecule has 7 nitrogen and oxygen atoms in total. The zero-order chi connectivity index (χ0) is 19.0. The van der Waals surface area contributed by atoms with Gasteiger partial charge >= 0.3 is 5.91 Å². The van der Waals surface area contributed by atoms with Crippen LogP contribution in [0.25, 0.3) is 22.2 Å². The normalized spacial score (nSPS) is 11.5. The number of fused-ring (bicyclic) bond motifs is 1. The molecule has 0 bridgehead atoms. The number of azo groups is 1. The molecule has 0 unspecified atom stereocenters. The Morgan fingerprint density at radius 1 is 1.19 bits per heavy atom. The monoisotopic (exact) mass is 443 g/mol. The predicted molar refractivity (Wildman–Crippen MR) is 106 cm³/mol. The van der Waals surface area contributed by atoms with Gasteiger partial charge in [0.2, 0.25) is 5.88 Å². The lowest BCUT2D eigenvalue weighted by atomic mass is 10.1. The molecule has 3 N–H and O–H groups in total. The van der Waals surface area contributed by atoms with E-state index in [1.165, 1.54) is 0 Å². The highest BCUT2D eigenvalue weighted by Crippen LogP contribution is 2.37. The smallest absolute Gasteiger partial charge is 0.313 e. The Kier molecular flexibility index (Phi) is 4.51. The van der Waals surface area contributed by atoms with E-state index in [0.29, 0.717) is 27.2 Å². The Morgan fingerprint density at radius 3 is 2.81 bits per heavy atom. The molecule has 0 radical (unpaired) electrons. The summed E-state index contributed by atoms with van der Waals surface area (Å²) in [6.07, 6.45) is 0. The first-order valence-electron chi connectivity index (χ1n) is 7.79. The third-order valence-electron chi connectivity index (χ3n) is 3.91. The summed E-state index contributed by atoms with van der Waals surface area (Å²) in [5.41, 5.74) is 2.25. The van der Waals surface area contributed by atoms with E-state index in [0.717, 1.165) is 4.47 Å². The molecule has 0 saturated heterocycles. The van der Waals surface area contributed by atoms with E-state index < -0.39 is 5.91 Å². The van der Waals surface area contributed by atoms with Crippen molar-refractivity contribution in [3.05, 3.63) is 63.7 Å². The van der Waals surface area contributed by atoms with Gasteiger partial charge in [0.05, 0.1) is 16.2 Å². The summed E-state index contributed by atoms with van der Waals surface area (Å²) < 4.78 is 0.815. The number of halogens is 2. The maximum atomic E-state index is 12.3. The van der Waals surface area contributed by atoms with Crippen molar-refractivity contribution in [3.63, 3.8) is 0 Å². The highest BCUT2D eigenvalue weighted by atomic mass is 79.9. The van der Waals surface area contributed by atoms with Gasteiger partial charge < -0.3 is 10.1 Å². The third kappa shape index (κ3) is 3.36. The number of aromatic nitrogens is 3. The molecule has 2 aromatic carbocycles. The van der Waals surface area contributed by atoms with Gasteiger partial charge in [0.15, 0.2) is 5.69 Å². The molecule has 2 heterocycles. The fraction of sp³-hybridized carbons (Fsp3) is 0. The van der Waals surface area contributed by atoms with Crippen LogP contribution >= 0.6 is 27.5 Å². The van der Waals surface area contributed by atoms with Crippen LogP contribution < -0.4 is 0 Å². The summed E-state index contributed by atoms with van der Waals surface area (Å²) in [5.74, 6) is -0.787. The minimum atomic E-state index is -0.621. The van der Waals surface area contributed by atoms with E-state index in [4.69, 9.17) is 11.6 Å². The van der Waals surface area contributed by atoms with E-state index >= 15 is 0 Å². The fourth-order valence-electron chi connectivity index (χ4n) is 2.62. The summed E-state index contributed by atoms with van der Waals surface area (Å²) in [6, 6.07) is 14.1. The van der Waals surface area contributed by atoms with Crippen LogP contribution in [0.5, 0.6) is 5.88 Å². The number of amides is 1. The van der Waals surface area contributed by atoms with E-state index in [1.807, 2.05) is 18.2 Å². The predicted octanol–water partition coefficient (Wildman–Crippen LogP) is 5.60. The number of hydrogen-bond donors (Lipinski definition) is 3. The number of aromatic hydroxyl groups is 1. The van der Waals surface area contributed by atoms with Crippen molar-refractivity contribution in [2.75, 3.05) is 0 Å². The van der Waals surface area contributed by atoms with Gasteiger partial charge in [-0.25, -0.2) is 0 Å². The molecule has 134 valence electrons. The summed E-state index contributed by atoms with van der Waals surface area (Å²) in [6.45, 7) is 0. The van der Waals surface area contributed by atoms with Crippen LogP contribution in [0.4, 0.5) is 5.69 Å². The van der Waals surface area contributed by atoms with Crippen molar-refractivity contribution in [1.29, 1.82) is 0 Å². The lowest BCUT2D eigenvalue weighted by Gasteiger charge is -1.97. The molecular formula is C18H11BrClN5O2. The molecule has 0 aliphatic carbocycles. The van der Waals surface area contributed by atoms with Crippen LogP contribution in [0.3, 0.4) is 0 Å². The first-order valence-corrected chi connectivity index (χ1v) is 8.96. The maximum Gasteiger partial charge on any atom is 0.313 e. The molecule has 2 aromatic heterocycles. The molecular weight excluding hydrogens is 434 g/mol. The van der Waals surface area contributed by atoms with Crippen LogP contribution in [0.15, 0.2) is 63.2 Å². The van der Waals surface area contributed by atoms with Crippen LogP contribution in [0.2, 0.25) is 5.02 Å². The maximum absolute atomic E-state index is 12.3. The van der Waals surface area contributed by atoms with Crippen molar-refractivity contribution < 1.29 is 9.90 Å². The first kappa shape index (κ1) is 17.4. The molecule has 27 heavy (non-hydrogen) atoms. The largest absolute Gasteiger partial charge is 0.493 e. The number of hydrogen-bond acceptors (Lipinski definition) is 4. The summed E-state index contributed by atoms with van der Waals surface area (Å²) >= 11 is 9.51. The Labute approximate surface area is 166 Å². The Hall–Kier alpha value is -2.97. The lowest BCUT2D eigenvalue weighted by molar-refractivity contribution is 0.0990. The molecule has 4 aromatic rings. The van der Waals surface area contributed by atoms with Gasteiger partial charge in [0.25, 0.3) is 0 Å². The molecule has 9 heteroatoms. The van der Waals surface area contributed by atoms with Crippen molar-refractivity contribution in [3.8, 4) is 17.1 Å².